The summed E-state index contributed by atoms with van der Waals surface area (Å²) in [6, 6.07) is 23.8. The molecule has 1 fully saturated rings. The molecule has 0 unspecified atom stereocenters. The zero-order valence-electron chi connectivity index (χ0n) is 22.1. The van der Waals surface area contributed by atoms with Crippen molar-refractivity contribution < 1.29 is 24.0 Å². The molecule has 4 aromatic carbocycles. The molecule has 0 bridgehead atoms. The quantitative estimate of drug-likeness (QED) is 0.124. The van der Waals surface area contributed by atoms with Crippen molar-refractivity contribution in [2.75, 3.05) is 11.9 Å². The Morgan fingerprint density at radius 1 is 1.02 bits per heavy atom. The number of urea groups is 1. The van der Waals surface area contributed by atoms with E-state index in [1.54, 1.807) is 30.3 Å². The van der Waals surface area contributed by atoms with Crippen LogP contribution in [0, 0.1) is 10.1 Å². The van der Waals surface area contributed by atoms with Crippen molar-refractivity contribution in [2.24, 2.45) is 0 Å². The molecule has 206 valence electrons. The van der Waals surface area contributed by atoms with E-state index in [1.807, 2.05) is 49.4 Å². The highest BCUT2D eigenvalue weighted by Gasteiger charge is 2.35. The molecule has 0 atom stereocenters. The highest BCUT2D eigenvalue weighted by molar-refractivity contribution is 6.16. The third-order valence-corrected chi connectivity index (χ3v) is 6.67. The van der Waals surface area contributed by atoms with Gasteiger partial charge in [0, 0.05) is 23.4 Å². The number of amides is 4. The van der Waals surface area contributed by atoms with Crippen LogP contribution in [0.2, 0.25) is 0 Å². The molecular weight excluding hydrogens is 524 g/mol. The zero-order valence-corrected chi connectivity index (χ0v) is 22.1. The van der Waals surface area contributed by atoms with Crippen molar-refractivity contribution in [1.29, 1.82) is 0 Å². The first-order valence-corrected chi connectivity index (χ1v) is 12.9. The molecule has 4 aromatic rings. The van der Waals surface area contributed by atoms with Crippen LogP contribution >= 0.6 is 0 Å². The second-order valence-electron chi connectivity index (χ2n) is 9.35. The van der Waals surface area contributed by atoms with Gasteiger partial charge in [-0.15, -0.1) is 0 Å². The monoisotopic (exact) mass is 550 g/mol. The first-order valence-electron chi connectivity index (χ1n) is 12.9. The lowest BCUT2D eigenvalue weighted by atomic mass is 10.0. The number of benzene rings is 4. The maximum absolute atomic E-state index is 13.2. The summed E-state index contributed by atoms with van der Waals surface area (Å²) in [5, 5.41) is 18.1. The highest BCUT2D eigenvalue weighted by Crippen LogP contribution is 2.32. The number of para-hydroxylation sites is 1. The molecule has 41 heavy (non-hydrogen) atoms. The lowest BCUT2D eigenvalue weighted by molar-refractivity contribution is -0.384. The molecule has 0 saturated carbocycles. The number of carbonyl (C=O) groups is 3. The SMILES string of the molecule is CCc1ccccc1NC(=O)CN1C(=O)N/C(=C/c2c(OCc3cccc([N+](=O)[O-])c3)ccc3ccccc23)C1=O. The third-order valence-electron chi connectivity index (χ3n) is 6.67. The Morgan fingerprint density at radius 2 is 1.80 bits per heavy atom. The van der Waals surface area contributed by atoms with Crippen LogP contribution in [-0.2, 0) is 22.6 Å². The Morgan fingerprint density at radius 3 is 2.61 bits per heavy atom. The zero-order chi connectivity index (χ0) is 28.9. The molecule has 0 aromatic heterocycles. The molecule has 0 spiro atoms. The van der Waals surface area contributed by atoms with Crippen LogP contribution in [0.15, 0.2) is 90.6 Å². The predicted molar refractivity (Wildman–Crippen MR) is 154 cm³/mol. The Bertz CT molecular complexity index is 1710. The number of nitro benzene ring substituents is 1. The van der Waals surface area contributed by atoms with Gasteiger partial charge in [0.25, 0.3) is 11.6 Å². The number of anilines is 1. The fraction of sp³-hybridized carbons (Fsp3) is 0.129. The standard InChI is InChI=1S/C31H26N4O6/c1-2-21-9-4-6-13-26(21)32-29(36)18-34-30(37)27(33-31(34)38)17-25-24-12-5-3-10-22(24)14-15-28(25)41-19-20-8-7-11-23(16-20)35(39)40/h3-17H,2,18-19H2,1H3,(H,32,36)(H,33,38)/b27-17+. The predicted octanol–water partition coefficient (Wildman–Crippen LogP) is 5.42. The van der Waals surface area contributed by atoms with Gasteiger partial charge in [0.1, 0.15) is 24.6 Å². The number of carbonyl (C=O) groups excluding carboxylic acids is 3. The minimum absolute atomic E-state index is 0.00619. The fourth-order valence-corrected chi connectivity index (χ4v) is 4.61. The fourth-order valence-electron chi connectivity index (χ4n) is 4.61. The van der Waals surface area contributed by atoms with E-state index in [4.69, 9.17) is 4.74 Å². The number of imide groups is 1. The Balaban J connectivity index is 1.40. The number of rotatable bonds is 9. The van der Waals surface area contributed by atoms with Crippen molar-refractivity contribution in [1.82, 2.24) is 10.2 Å². The summed E-state index contributed by atoms with van der Waals surface area (Å²) in [7, 11) is 0. The van der Waals surface area contributed by atoms with Crippen LogP contribution < -0.4 is 15.4 Å². The van der Waals surface area contributed by atoms with E-state index < -0.39 is 29.3 Å². The number of hydrogen-bond donors (Lipinski definition) is 2. The van der Waals surface area contributed by atoms with Gasteiger partial charge in [0.2, 0.25) is 5.91 Å². The van der Waals surface area contributed by atoms with Gasteiger partial charge < -0.3 is 15.4 Å². The van der Waals surface area contributed by atoms with Crippen molar-refractivity contribution in [3.63, 3.8) is 0 Å². The average molecular weight is 551 g/mol. The molecule has 10 heteroatoms. The molecule has 1 saturated heterocycles. The summed E-state index contributed by atoms with van der Waals surface area (Å²) in [6.45, 7) is 1.56. The van der Waals surface area contributed by atoms with E-state index >= 15 is 0 Å². The number of nitro groups is 1. The number of fused-ring (bicyclic) bond motifs is 1. The van der Waals surface area contributed by atoms with Crippen molar-refractivity contribution in [3.05, 3.63) is 117 Å². The summed E-state index contributed by atoms with van der Waals surface area (Å²) in [5.74, 6) is -0.731. The summed E-state index contributed by atoms with van der Waals surface area (Å²) >= 11 is 0. The Labute approximate surface area is 235 Å². The third kappa shape index (κ3) is 5.91. The smallest absolute Gasteiger partial charge is 0.329 e. The van der Waals surface area contributed by atoms with E-state index in [1.165, 1.54) is 18.2 Å². The van der Waals surface area contributed by atoms with Crippen LogP contribution in [0.4, 0.5) is 16.2 Å². The molecule has 10 nitrogen and oxygen atoms in total. The van der Waals surface area contributed by atoms with E-state index in [0.717, 1.165) is 21.2 Å². The molecule has 1 aliphatic rings. The van der Waals surface area contributed by atoms with E-state index in [2.05, 4.69) is 10.6 Å². The Hall–Kier alpha value is -5.51. The maximum atomic E-state index is 13.2. The van der Waals surface area contributed by atoms with Gasteiger partial charge >= 0.3 is 6.03 Å². The number of hydrogen-bond acceptors (Lipinski definition) is 6. The molecule has 4 amide bonds. The van der Waals surface area contributed by atoms with Crippen molar-refractivity contribution in [2.45, 2.75) is 20.0 Å². The first-order chi connectivity index (χ1) is 19.8. The van der Waals surface area contributed by atoms with Crippen LogP contribution in [0.3, 0.4) is 0 Å². The lowest BCUT2D eigenvalue weighted by Gasteiger charge is -2.14. The number of non-ortho nitro benzene ring substituents is 1. The second kappa shape index (κ2) is 11.7. The van der Waals surface area contributed by atoms with Gasteiger partial charge in [-0.05, 0) is 46.5 Å². The summed E-state index contributed by atoms with van der Waals surface area (Å²) in [5.41, 5.74) is 2.65. The number of nitrogens with zero attached hydrogens (tertiary/aromatic N) is 2. The summed E-state index contributed by atoms with van der Waals surface area (Å²) < 4.78 is 6.05. The molecule has 0 aliphatic carbocycles. The number of nitrogens with one attached hydrogen (secondary N) is 2. The summed E-state index contributed by atoms with van der Waals surface area (Å²) in [4.78, 5) is 50.3. The molecule has 2 N–H and O–H groups in total. The molecule has 0 radical (unpaired) electrons. The number of ether oxygens (including phenoxy) is 1. The molecule has 5 rings (SSSR count). The van der Waals surface area contributed by atoms with E-state index in [9.17, 15) is 24.5 Å². The van der Waals surface area contributed by atoms with Gasteiger partial charge in [-0.25, -0.2) is 9.69 Å². The highest BCUT2D eigenvalue weighted by atomic mass is 16.6. The van der Waals surface area contributed by atoms with Crippen LogP contribution in [0.25, 0.3) is 16.8 Å². The van der Waals surface area contributed by atoms with Crippen molar-refractivity contribution in [3.8, 4) is 5.75 Å². The van der Waals surface area contributed by atoms with Gasteiger partial charge in [-0.2, -0.15) is 0 Å². The van der Waals surface area contributed by atoms with Gasteiger partial charge in [-0.3, -0.25) is 19.7 Å². The van der Waals surface area contributed by atoms with Gasteiger partial charge in [0.15, 0.2) is 0 Å². The van der Waals surface area contributed by atoms with Crippen LogP contribution in [0.5, 0.6) is 5.75 Å². The van der Waals surface area contributed by atoms with E-state index in [0.29, 0.717) is 29.0 Å². The number of aryl methyl sites for hydroxylation is 1. The first kappa shape index (κ1) is 27.1. The normalized spacial score (nSPS) is 13.9. The largest absolute Gasteiger partial charge is 0.488 e. The lowest BCUT2D eigenvalue weighted by Crippen LogP contribution is -2.38. The minimum Gasteiger partial charge on any atom is -0.488 e. The average Bonchev–Trinajstić information content (AvgIpc) is 3.24. The maximum Gasteiger partial charge on any atom is 0.329 e. The van der Waals surface area contributed by atoms with Crippen LogP contribution in [-0.4, -0.2) is 34.2 Å². The summed E-state index contributed by atoms with van der Waals surface area (Å²) in [6.07, 6.45) is 2.23. The molecule has 1 aliphatic heterocycles. The topological polar surface area (TPSA) is 131 Å². The van der Waals surface area contributed by atoms with Gasteiger partial charge in [0.05, 0.1) is 4.92 Å². The molecular formula is C31H26N4O6. The van der Waals surface area contributed by atoms with E-state index in [-0.39, 0.29) is 18.0 Å². The molecule has 1 heterocycles. The van der Waals surface area contributed by atoms with Gasteiger partial charge in [-0.1, -0.05) is 67.6 Å². The minimum atomic E-state index is -0.709. The van der Waals surface area contributed by atoms with Crippen LogP contribution in [0.1, 0.15) is 23.6 Å². The van der Waals surface area contributed by atoms with Crippen molar-refractivity contribution >= 4 is 46.1 Å². The second-order valence-corrected chi connectivity index (χ2v) is 9.35. The Kier molecular flexibility index (Phi) is 7.73.